The summed E-state index contributed by atoms with van der Waals surface area (Å²) in [5, 5.41) is 11.5. The van der Waals surface area contributed by atoms with Crippen molar-refractivity contribution in [1.29, 1.82) is 0 Å². The molecule has 138 valence electrons. The summed E-state index contributed by atoms with van der Waals surface area (Å²) in [5.74, 6) is -0.551. The number of aromatic carboxylic acids is 1. The number of carboxylic acid groups (broad SMARTS) is 1. The molecule has 0 radical (unpaired) electrons. The van der Waals surface area contributed by atoms with Gasteiger partial charge < -0.3 is 19.0 Å². The Balaban J connectivity index is 1.57. The molecule has 2 N–H and O–H groups in total. The molecule has 1 heterocycles. The molecule has 7 heteroatoms. The summed E-state index contributed by atoms with van der Waals surface area (Å²) in [7, 11) is 0. The molecule has 0 aliphatic carbocycles. The summed E-state index contributed by atoms with van der Waals surface area (Å²) < 4.78 is 16.0. The summed E-state index contributed by atoms with van der Waals surface area (Å²) in [6.45, 7) is 0.172. The van der Waals surface area contributed by atoms with Crippen LogP contribution in [0.25, 0.3) is 0 Å². The van der Waals surface area contributed by atoms with E-state index >= 15 is 0 Å². The van der Waals surface area contributed by atoms with Crippen molar-refractivity contribution in [1.82, 2.24) is 0 Å². The maximum absolute atomic E-state index is 12.0. The van der Waals surface area contributed by atoms with E-state index in [1.54, 1.807) is 24.3 Å². The van der Waals surface area contributed by atoms with Crippen molar-refractivity contribution >= 4 is 17.7 Å². The van der Waals surface area contributed by atoms with E-state index in [1.807, 2.05) is 30.3 Å². The van der Waals surface area contributed by atoms with Crippen molar-refractivity contribution in [3.05, 3.63) is 83.8 Å². The number of furan rings is 1. The number of hydrogen-bond donors (Lipinski definition) is 2. The first-order chi connectivity index (χ1) is 13.1. The quantitative estimate of drug-likeness (QED) is 0.646. The van der Waals surface area contributed by atoms with Gasteiger partial charge in [-0.15, -0.1) is 0 Å². The van der Waals surface area contributed by atoms with Crippen molar-refractivity contribution in [2.45, 2.75) is 13.2 Å². The number of hydrogen-bond acceptors (Lipinski definition) is 5. The van der Waals surface area contributed by atoms with Crippen LogP contribution < -0.4 is 10.1 Å². The monoisotopic (exact) mass is 367 g/mol. The number of carbonyl (C=O) groups is 2. The molecule has 3 aromatic rings. The van der Waals surface area contributed by atoms with Crippen molar-refractivity contribution in [2.24, 2.45) is 0 Å². The second-order valence-electron chi connectivity index (χ2n) is 5.54. The Hall–Kier alpha value is -3.74. The molecule has 1 aromatic heterocycles. The zero-order valence-electron chi connectivity index (χ0n) is 14.3. The molecule has 0 aliphatic heterocycles. The molecule has 0 saturated carbocycles. The highest BCUT2D eigenvalue weighted by molar-refractivity contribution is 5.86. The zero-order chi connectivity index (χ0) is 19.1. The normalized spacial score (nSPS) is 10.2. The van der Waals surface area contributed by atoms with E-state index in [0.717, 1.165) is 5.56 Å². The fraction of sp³-hybridized carbons (Fsp3) is 0.100. The van der Waals surface area contributed by atoms with E-state index in [-0.39, 0.29) is 19.0 Å². The molecule has 0 unspecified atom stereocenters. The number of amides is 1. The van der Waals surface area contributed by atoms with Crippen molar-refractivity contribution in [2.75, 3.05) is 5.32 Å². The molecule has 0 fully saturated rings. The molecule has 0 spiro atoms. The third kappa shape index (κ3) is 5.12. The molecule has 7 nitrogen and oxygen atoms in total. The Morgan fingerprint density at radius 3 is 2.41 bits per heavy atom. The van der Waals surface area contributed by atoms with Gasteiger partial charge in [-0.3, -0.25) is 5.32 Å². The third-order valence-electron chi connectivity index (χ3n) is 3.58. The van der Waals surface area contributed by atoms with Crippen LogP contribution in [0.2, 0.25) is 0 Å². The molecular weight excluding hydrogens is 350 g/mol. The van der Waals surface area contributed by atoms with E-state index < -0.39 is 12.1 Å². The van der Waals surface area contributed by atoms with Gasteiger partial charge in [-0.2, -0.15) is 0 Å². The van der Waals surface area contributed by atoms with E-state index in [0.29, 0.717) is 17.2 Å². The van der Waals surface area contributed by atoms with Crippen molar-refractivity contribution in [3.63, 3.8) is 0 Å². The standard InChI is InChI=1S/C20H17NO6/c22-19(23)18-11-10-15(27-18)13-25-17-9-5-4-8-16(17)21-20(24)26-12-14-6-2-1-3-7-14/h1-11H,12-13H2,(H,21,24)(H,22,23). The average Bonchev–Trinajstić information content (AvgIpc) is 3.16. The smallest absolute Gasteiger partial charge is 0.412 e. The maximum Gasteiger partial charge on any atom is 0.412 e. The van der Waals surface area contributed by atoms with Crippen LogP contribution in [0.15, 0.2) is 71.1 Å². The fourth-order valence-electron chi connectivity index (χ4n) is 2.28. The first-order valence-electron chi connectivity index (χ1n) is 8.13. The summed E-state index contributed by atoms with van der Waals surface area (Å²) in [6, 6.07) is 19.1. The topological polar surface area (TPSA) is 98.0 Å². The minimum absolute atomic E-state index is 0.0189. The van der Waals surface area contributed by atoms with Crippen LogP contribution in [0.5, 0.6) is 5.75 Å². The number of ether oxygens (including phenoxy) is 2. The Morgan fingerprint density at radius 2 is 1.67 bits per heavy atom. The van der Waals surface area contributed by atoms with Gasteiger partial charge in [-0.05, 0) is 29.8 Å². The summed E-state index contributed by atoms with van der Waals surface area (Å²) in [5.41, 5.74) is 1.31. The predicted octanol–water partition coefficient (Wildman–Crippen LogP) is 4.31. The van der Waals surface area contributed by atoms with Gasteiger partial charge in [-0.25, -0.2) is 9.59 Å². The van der Waals surface area contributed by atoms with Crippen LogP contribution in [0.3, 0.4) is 0 Å². The molecule has 3 rings (SSSR count). The summed E-state index contributed by atoms with van der Waals surface area (Å²) >= 11 is 0. The van der Waals surface area contributed by atoms with E-state index in [2.05, 4.69) is 5.32 Å². The van der Waals surface area contributed by atoms with Gasteiger partial charge in [0.25, 0.3) is 0 Å². The van der Waals surface area contributed by atoms with E-state index in [9.17, 15) is 9.59 Å². The van der Waals surface area contributed by atoms with Gasteiger partial charge in [0, 0.05) is 0 Å². The molecule has 2 aromatic carbocycles. The molecule has 27 heavy (non-hydrogen) atoms. The highest BCUT2D eigenvalue weighted by atomic mass is 16.5. The van der Waals surface area contributed by atoms with E-state index in [4.69, 9.17) is 19.0 Å². The lowest BCUT2D eigenvalue weighted by molar-refractivity contribution is 0.0658. The number of rotatable bonds is 7. The molecular formula is C20H17NO6. The molecule has 0 aliphatic rings. The first kappa shape index (κ1) is 18.1. The highest BCUT2D eigenvalue weighted by Gasteiger charge is 2.12. The van der Waals surface area contributed by atoms with Gasteiger partial charge >= 0.3 is 12.1 Å². The van der Waals surface area contributed by atoms with Crippen LogP contribution in [0.4, 0.5) is 10.5 Å². The van der Waals surface area contributed by atoms with Crippen LogP contribution >= 0.6 is 0 Å². The highest BCUT2D eigenvalue weighted by Crippen LogP contribution is 2.25. The molecule has 1 amide bonds. The SMILES string of the molecule is O=C(Nc1ccccc1OCc1ccc(C(=O)O)o1)OCc1ccccc1. The van der Waals surface area contributed by atoms with Crippen LogP contribution in [-0.2, 0) is 18.0 Å². The Labute approximate surface area is 155 Å². The van der Waals surface area contributed by atoms with E-state index in [1.165, 1.54) is 12.1 Å². The number of benzene rings is 2. The number of nitrogens with one attached hydrogen (secondary N) is 1. The largest absolute Gasteiger partial charge is 0.483 e. The van der Waals surface area contributed by atoms with Crippen LogP contribution in [-0.4, -0.2) is 17.2 Å². The second kappa shape index (κ2) is 8.57. The average molecular weight is 367 g/mol. The Kier molecular flexibility index (Phi) is 5.73. The molecule has 0 atom stereocenters. The molecule has 0 saturated heterocycles. The number of anilines is 1. The lowest BCUT2D eigenvalue weighted by Gasteiger charge is -2.12. The van der Waals surface area contributed by atoms with Gasteiger partial charge in [0.2, 0.25) is 5.76 Å². The van der Waals surface area contributed by atoms with Crippen LogP contribution in [0.1, 0.15) is 21.9 Å². The van der Waals surface area contributed by atoms with Crippen molar-refractivity contribution < 1.29 is 28.6 Å². The zero-order valence-corrected chi connectivity index (χ0v) is 14.3. The third-order valence-corrected chi connectivity index (χ3v) is 3.58. The molecule has 0 bridgehead atoms. The Morgan fingerprint density at radius 1 is 0.926 bits per heavy atom. The fourth-order valence-corrected chi connectivity index (χ4v) is 2.28. The summed E-state index contributed by atoms with van der Waals surface area (Å²) in [4.78, 5) is 22.8. The Bertz CT molecular complexity index is 919. The second-order valence-corrected chi connectivity index (χ2v) is 5.54. The van der Waals surface area contributed by atoms with Gasteiger partial charge in [-0.1, -0.05) is 42.5 Å². The van der Waals surface area contributed by atoms with Gasteiger partial charge in [0.15, 0.2) is 0 Å². The number of carboxylic acids is 1. The lowest BCUT2D eigenvalue weighted by atomic mass is 10.2. The lowest BCUT2D eigenvalue weighted by Crippen LogP contribution is -2.14. The predicted molar refractivity (Wildman–Crippen MR) is 96.7 cm³/mol. The maximum atomic E-state index is 12.0. The first-order valence-corrected chi connectivity index (χ1v) is 8.13. The number of para-hydroxylation sites is 2. The van der Waals surface area contributed by atoms with Gasteiger partial charge in [0.05, 0.1) is 5.69 Å². The van der Waals surface area contributed by atoms with Crippen molar-refractivity contribution in [3.8, 4) is 5.75 Å². The summed E-state index contributed by atoms with van der Waals surface area (Å²) in [6.07, 6.45) is -0.610. The minimum atomic E-state index is -1.15. The minimum Gasteiger partial charge on any atom is -0.483 e. The van der Waals surface area contributed by atoms with Crippen LogP contribution in [0, 0.1) is 0 Å². The van der Waals surface area contributed by atoms with Gasteiger partial charge in [0.1, 0.15) is 24.7 Å². The number of carbonyl (C=O) groups excluding carboxylic acids is 1.